The van der Waals surface area contributed by atoms with Gasteiger partial charge in [0, 0.05) is 29.7 Å². The van der Waals surface area contributed by atoms with Crippen LogP contribution in [0.1, 0.15) is 34.7 Å². The van der Waals surface area contributed by atoms with Crippen molar-refractivity contribution < 1.29 is 9.59 Å². The summed E-state index contributed by atoms with van der Waals surface area (Å²) in [6.45, 7) is 3.74. The number of fused-ring (bicyclic) bond motifs is 1. The van der Waals surface area contributed by atoms with Crippen LogP contribution in [0.15, 0.2) is 30.5 Å². The standard InChI is InChI=1S/C18H19ClN4O2/c1-12-20-10-16-11-22(18(25)23(12)16)15-5-7-21(8-6-15)17(24)13-3-2-4-14(19)9-13/h2-4,9-10,15H,5-8,11H2,1H3. The number of carbonyl (C=O) groups is 2. The third kappa shape index (κ3) is 2.80. The number of carbonyl (C=O) groups excluding carboxylic acids is 2. The molecule has 2 aliphatic heterocycles. The second-order valence-electron chi connectivity index (χ2n) is 6.58. The molecule has 0 atom stereocenters. The number of amides is 2. The number of likely N-dealkylation sites (tertiary alicyclic amines) is 1. The Labute approximate surface area is 151 Å². The molecule has 7 heteroatoms. The Morgan fingerprint density at radius 3 is 2.72 bits per heavy atom. The van der Waals surface area contributed by atoms with Crippen LogP contribution in [0.3, 0.4) is 0 Å². The molecule has 2 amide bonds. The molecule has 130 valence electrons. The van der Waals surface area contributed by atoms with Crippen molar-refractivity contribution >= 4 is 23.5 Å². The number of benzene rings is 1. The summed E-state index contributed by atoms with van der Waals surface area (Å²) in [4.78, 5) is 33.2. The number of halogens is 1. The highest BCUT2D eigenvalue weighted by molar-refractivity contribution is 6.30. The van der Waals surface area contributed by atoms with Gasteiger partial charge in [-0.1, -0.05) is 17.7 Å². The van der Waals surface area contributed by atoms with E-state index in [1.54, 1.807) is 35.0 Å². The van der Waals surface area contributed by atoms with E-state index in [-0.39, 0.29) is 18.0 Å². The van der Waals surface area contributed by atoms with Crippen molar-refractivity contribution in [3.05, 3.63) is 52.6 Å². The van der Waals surface area contributed by atoms with E-state index in [1.165, 1.54) is 0 Å². The summed E-state index contributed by atoms with van der Waals surface area (Å²) in [5.41, 5.74) is 1.56. The van der Waals surface area contributed by atoms with Gasteiger partial charge in [-0.3, -0.25) is 9.36 Å². The Hall–Kier alpha value is -2.34. The van der Waals surface area contributed by atoms with Crippen LogP contribution in [0.4, 0.5) is 4.79 Å². The highest BCUT2D eigenvalue weighted by Crippen LogP contribution is 2.26. The van der Waals surface area contributed by atoms with Crippen LogP contribution >= 0.6 is 11.6 Å². The summed E-state index contributed by atoms with van der Waals surface area (Å²) in [5, 5.41) is 0.564. The number of aromatic nitrogens is 2. The van der Waals surface area contributed by atoms with Gasteiger partial charge in [-0.25, -0.2) is 9.78 Å². The first kappa shape index (κ1) is 16.1. The molecular formula is C18H19ClN4O2. The van der Waals surface area contributed by atoms with Crippen LogP contribution in [0.25, 0.3) is 0 Å². The van der Waals surface area contributed by atoms with Gasteiger partial charge < -0.3 is 9.80 Å². The normalized spacial score (nSPS) is 17.9. The van der Waals surface area contributed by atoms with Gasteiger partial charge in [0.05, 0.1) is 18.4 Å². The molecule has 0 N–H and O–H groups in total. The Balaban J connectivity index is 1.41. The zero-order valence-electron chi connectivity index (χ0n) is 14.0. The SMILES string of the molecule is Cc1ncc2n1C(=O)N(C1CCN(C(=O)c3cccc(Cl)c3)CC1)C2. The fraction of sp³-hybridized carbons (Fsp3) is 0.389. The lowest BCUT2D eigenvalue weighted by molar-refractivity contribution is 0.0656. The predicted molar refractivity (Wildman–Crippen MR) is 93.7 cm³/mol. The van der Waals surface area contributed by atoms with Crippen molar-refractivity contribution in [1.29, 1.82) is 0 Å². The van der Waals surface area contributed by atoms with Crippen molar-refractivity contribution in [3.63, 3.8) is 0 Å². The minimum atomic E-state index is 0.00000373. The van der Waals surface area contributed by atoms with E-state index in [9.17, 15) is 9.59 Å². The van der Waals surface area contributed by atoms with Gasteiger partial charge in [0.2, 0.25) is 0 Å². The maximum Gasteiger partial charge on any atom is 0.330 e. The van der Waals surface area contributed by atoms with Crippen LogP contribution in [0.2, 0.25) is 5.02 Å². The highest BCUT2D eigenvalue weighted by atomic mass is 35.5. The Kier molecular flexibility index (Phi) is 4.00. The lowest BCUT2D eigenvalue weighted by Gasteiger charge is -2.36. The summed E-state index contributed by atoms with van der Waals surface area (Å²) in [6.07, 6.45) is 3.34. The van der Waals surface area contributed by atoms with Crippen molar-refractivity contribution in [3.8, 4) is 0 Å². The zero-order valence-corrected chi connectivity index (χ0v) is 14.7. The van der Waals surface area contributed by atoms with Crippen LogP contribution in [-0.2, 0) is 6.54 Å². The first-order chi connectivity index (χ1) is 12.0. The molecule has 6 nitrogen and oxygen atoms in total. The molecule has 1 saturated heterocycles. The average Bonchev–Trinajstić information content (AvgIpc) is 3.15. The number of hydrogen-bond acceptors (Lipinski definition) is 3. The third-order valence-electron chi connectivity index (χ3n) is 5.04. The van der Waals surface area contributed by atoms with Crippen LogP contribution < -0.4 is 0 Å². The van der Waals surface area contributed by atoms with E-state index in [4.69, 9.17) is 11.6 Å². The second-order valence-corrected chi connectivity index (χ2v) is 7.01. The molecule has 0 bridgehead atoms. The molecule has 4 rings (SSSR count). The zero-order chi connectivity index (χ0) is 17.6. The summed E-state index contributed by atoms with van der Waals surface area (Å²) >= 11 is 5.98. The van der Waals surface area contributed by atoms with E-state index >= 15 is 0 Å². The molecule has 0 spiro atoms. The Morgan fingerprint density at radius 1 is 1.28 bits per heavy atom. The molecule has 3 heterocycles. The quantitative estimate of drug-likeness (QED) is 0.829. The number of nitrogens with zero attached hydrogens (tertiary/aromatic N) is 4. The van der Waals surface area contributed by atoms with Crippen LogP contribution in [0, 0.1) is 6.92 Å². The van der Waals surface area contributed by atoms with E-state index in [0.717, 1.165) is 24.4 Å². The monoisotopic (exact) mass is 358 g/mol. The lowest BCUT2D eigenvalue weighted by atomic mass is 10.0. The maximum atomic E-state index is 12.6. The number of hydrogen-bond donors (Lipinski definition) is 0. The summed E-state index contributed by atoms with van der Waals surface area (Å²) in [7, 11) is 0. The van der Waals surface area contributed by atoms with Crippen molar-refractivity contribution in [1.82, 2.24) is 19.4 Å². The molecule has 25 heavy (non-hydrogen) atoms. The molecule has 1 aromatic carbocycles. The largest absolute Gasteiger partial charge is 0.338 e. The summed E-state index contributed by atoms with van der Waals surface area (Å²) in [6, 6.07) is 7.20. The average molecular weight is 359 g/mol. The van der Waals surface area contributed by atoms with Crippen molar-refractivity contribution in [2.24, 2.45) is 0 Å². The molecule has 2 aliphatic rings. The highest BCUT2D eigenvalue weighted by Gasteiger charge is 2.36. The van der Waals surface area contributed by atoms with Crippen molar-refractivity contribution in [2.45, 2.75) is 32.4 Å². The smallest absolute Gasteiger partial charge is 0.330 e. The molecule has 0 radical (unpaired) electrons. The number of piperidine rings is 1. The maximum absolute atomic E-state index is 12.6. The molecule has 0 aliphatic carbocycles. The van der Waals surface area contributed by atoms with Gasteiger partial charge >= 0.3 is 6.03 Å². The van der Waals surface area contributed by atoms with E-state index in [0.29, 0.717) is 30.2 Å². The first-order valence-corrected chi connectivity index (χ1v) is 8.81. The topological polar surface area (TPSA) is 58.4 Å². The fourth-order valence-corrected chi connectivity index (χ4v) is 3.89. The number of rotatable bonds is 2. The van der Waals surface area contributed by atoms with Gasteiger partial charge in [-0.05, 0) is 38.0 Å². The predicted octanol–water partition coefficient (Wildman–Crippen LogP) is 2.93. The third-order valence-corrected chi connectivity index (χ3v) is 5.28. The van der Waals surface area contributed by atoms with Gasteiger partial charge in [0.15, 0.2) is 0 Å². The minimum absolute atomic E-state index is 0.00000373. The molecule has 1 fully saturated rings. The molecule has 2 aromatic rings. The van der Waals surface area contributed by atoms with E-state index in [1.807, 2.05) is 16.7 Å². The van der Waals surface area contributed by atoms with Gasteiger partial charge in [-0.15, -0.1) is 0 Å². The minimum Gasteiger partial charge on any atom is -0.338 e. The molecule has 1 aromatic heterocycles. The summed E-state index contributed by atoms with van der Waals surface area (Å²) < 4.78 is 1.68. The molecular weight excluding hydrogens is 340 g/mol. The van der Waals surface area contributed by atoms with Gasteiger partial charge in [-0.2, -0.15) is 0 Å². The first-order valence-electron chi connectivity index (χ1n) is 8.43. The van der Waals surface area contributed by atoms with E-state index < -0.39 is 0 Å². The van der Waals surface area contributed by atoms with Gasteiger partial charge in [0.1, 0.15) is 5.82 Å². The number of imidazole rings is 1. The van der Waals surface area contributed by atoms with E-state index in [2.05, 4.69) is 4.98 Å². The van der Waals surface area contributed by atoms with Crippen molar-refractivity contribution in [2.75, 3.05) is 13.1 Å². The fourth-order valence-electron chi connectivity index (χ4n) is 3.70. The lowest BCUT2D eigenvalue weighted by Crippen LogP contribution is -2.47. The van der Waals surface area contributed by atoms with Crippen LogP contribution in [0.5, 0.6) is 0 Å². The Morgan fingerprint density at radius 2 is 2.04 bits per heavy atom. The summed E-state index contributed by atoms with van der Waals surface area (Å²) in [5.74, 6) is 0.732. The van der Waals surface area contributed by atoms with Gasteiger partial charge in [0.25, 0.3) is 5.91 Å². The molecule has 0 unspecified atom stereocenters. The molecule has 0 saturated carbocycles. The van der Waals surface area contributed by atoms with Crippen LogP contribution in [-0.4, -0.2) is 50.4 Å². The Bertz CT molecular complexity index is 839. The second kappa shape index (κ2) is 6.19. The number of aryl methyl sites for hydroxylation is 1.